The molecule has 1 aliphatic heterocycles. The fourth-order valence-electron chi connectivity index (χ4n) is 3.60. The third-order valence-corrected chi connectivity index (χ3v) is 5.25. The van der Waals surface area contributed by atoms with E-state index in [9.17, 15) is 9.90 Å². The number of rotatable bonds is 5. The number of nitrogens with two attached hydrogens (primary N) is 2. The van der Waals surface area contributed by atoms with Gasteiger partial charge in [0, 0.05) is 42.5 Å². The zero-order valence-corrected chi connectivity index (χ0v) is 22.1. The average molecular weight is 511 g/mol. The van der Waals surface area contributed by atoms with Gasteiger partial charge >= 0.3 is 6.01 Å². The minimum Gasteiger partial charge on any atom is -0.506 e. The van der Waals surface area contributed by atoms with Crippen molar-refractivity contribution < 1.29 is 14.6 Å². The molecule has 7 N–H and O–H groups in total. The van der Waals surface area contributed by atoms with Crippen molar-refractivity contribution in [2.24, 2.45) is 11.5 Å². The number of phenolic OH excluding ortho intramolecular Hbond substituents is 1. The number of amides is 1. The summed E-state index contributed by atoms with van der Waals surface area (Å²) >= 11 is 0. The standard InChI is InChI=1S/C18H17N5O3.C6H15N3.C2H6/c1-11-3-5-12(6-4-11)16(25)22-14-8-7-13(9-15(14)24)21-17-19-10-20-18(23-17)26-2;1-9-3-5(7)2-6(8)4-9;1-2/h3-10,24H,1-2H3,(H,22,25)(H,19,20,21,23);5-6H,2-4,7-8H2,1H3;1-2H3. The molecule has 1 aliphatic rings. The lowest BCUT2D eigenvalue weighted by atomic mass is 10.0. The third kappa shape index (κ3) is 9.64. The number of likely N-dealkylation sites (tertiary alicyclic amines) is 1. The van der Waals surface area contributed by atoms with E-state index in [0.29, 0.717) is 29.0 Å². The highest BCUT2D eigenvalue weighted by molar-refractivity contribution is 6.05. The normalized spacial score (nSPS) is 16.8. The molecule has 3 aromatic rings. The van der Waals surface area contributed by atoms with Gasteiger partial charge in [-0.1, -0.05) is 31.5 Å². The molecule has 11 heteroatoms. The van der Waals surface area contributed by atoms with Gasteiger partial charge in [0.15, 0.2) is 0 Å². The Morgan fingerprint density at radius 1 is 1.08 bits per heavy atom. The lowest BCUT2D eigenvalue weighted by molar-refractivity contribution is 0.102. The third-order valence-electron chi connectivity index (χ3n) is 5.25. The van der Waals surface area contributed by atoms with Crippen molar-refractivity contribution in [3.63, 3.8) is 0 Å². The molecule has 1 aromatic heterocycles. The monoisotopic (exact) mass is 510 g/mol. The highest BCUT2D eigenvalue weighted by Gasteiger charge is 2.18. The molecule has 11 nitrogen and oxygen atoms in total. The largest absolute Gasteiger partial charge is 0.506 e. The quantitative estimate of drug-likeness (QED) is 0.322. The first-order valence-corrected chi connectivity index (χ1v) is 12.1. The van der Waals surface area contributed by atoms with E-state index >= 15 is 0 Å². The van der Waals surface area contributed by atoms with Gasteiger partial charge in [0.05, 0.1) is 12.8 Å². The number of likely N-dealkylation sites (N-methyl/N-ethyl adjacent to an activating group) is 1. The number of nitrogens with zero attached hydrogens (tertiary/aromatic N) is 4. The van der Waals surface area contributed by atoms with E-state index in [2.05, 4.69) is 37.5 Å². The maximum atomic E-state index is 12.2. The van der Waals surface area contributed by atoms with Crippen molar-refractivity contribution in [2.75, 3.05) is 37.9 Å². The van der Waals surface area contributed by atoms with Crippen LogP contribution in [0.3, 0.4) is 0 Å². The van der Waals surface area contributed by atoms with Gasteiger partial charge in [0.2, 0.25) is 5.95 Å². The summed E-state index contributed by atoms with van der Waals surface area (Å²) in [7, 11) is 3.51. The molecule has 1 saturated heterocycles. The molecule has 0 saturated carbocycles. The summed E-state index contributed by atoms with van der Waals surface area (Å²) in [4.78, 5) is 26.2. The Hall–Kier alpha value is -3.80. The molecular weight excluding hydrogens is 472 g/mol. The van der Waals surface area contributed by atoms with Gasteiger partial charge in [-0.2, -0.15) is 9.97 Å². The van der Waals surface area contributed by atoms with Crippen LogP contribution in [0.4, 0.5) is 17.3 Å². The zero-order chi connectivity index (χ0) is 27.4. The summed E-state index contributed by atoms with van der Waals surface area (Å²) in [6, 6.07) is 12.6. The van der Waals surface area contributed by atoms with Crippen molar-refractivity contribution >= 4 is 23.2 Å². The Morgan fingerprint density at radius 2 is 1.73 bits per heavy atom. The summed E-state index contributed by atoms with van der Waals surface area (Å²) in [5.74, 6) is -0.118. The molecule has 1 amide bonds. The molecule has 2 atom stereocenters. The topological polar surface area (TPSA) is 165 Å². The SMILES string of the molecule is CC.CN1CC(N)CC(N)C1.COc1ncnc(Nc2ccc(NC(=O)c3ccc(C)cc3)c(O)c2)n1. The van der Waals surface area contributed by atoms with E-state index in [-0.39, 0.29) is 23.6 Å². The summed E-state index contributed by atoms with van der Waals surface area (Å²) in [6.07, 6.45) is 2.29. The molecule has 0 aliphatic carbocycles. The van der Waals surface area contributed by atoms with Crippen LogP contribution in [-0.2, 0) is 0 Å². The van der Waals surface area contributed by atoms with Crippen molar-refractivity contribution in [3.8, 4) is 11.8 Å². The lowest BCUT2D eigenvalue weighted by Gasteiger charge is -2.31. The number of anilines is 3. The molecule has 37 heavy (non-hydrogen) atoms. The Labute approximate surface area is 218 Å². The maximum Gasteiger partial charge on any atom is 0.320 e. The lowest BCUT2D eigenvalue weighted by Crippen LogP contribution is -2.50. The van der Waals surface area contributed by atoms with Gasteiger partial charge in [-0.15, -0.1) is 0 Å². The molecule has 0 spiro atoms. The van der Waals surface area contributed by atoms with E-state index in [4.69, 9.17) is 16.2 Å². The minimum absolute atomic E-state index is 0.0866. The first-order valence-electron chi connectivity index (χ1n) is 12.1. The number of nitrogens with one attached hydrogen (secondary N) is 2. The van der Waals surface area contributed by atoms with Crippen LogP contribution >= 0.6 is 0 Å². The number of hydrogen-bond donors (Lipinski definition) is 5. The smallest absolute Gasteiger partial charge is 0.320 e. The molecule has 2 aromatic carbocycles. The van der Waals surface area contributed by atoms with Crippen LogP contribution in [-0.4, -0.2) is 70.2 Å². The molecule has 0 bridgehead atoms. The van der Waals surface area contributed by atoms with Gasteiger partial charge in [-0.25, -0.2) is 4.98 Å². The van der Waals surface area contributed by atoms with E-state index in [1.807, 2.05) is 32.9 Å². The van der Waals surface area contributed by atoms with Crippen LogP contribution in [0.15, 0.2) is 48.8 Å². The minimum atomic E-state index is -0.303. The van der Waals surface area contributed by atoms with Gasteiger partial charge in [0.25, 0.3) is 5.91 Å². The van der Waals surface area contributed by atoms with Crippen molar-refractivity contribution in [1.82, 2.24) is 19.9 Å². The highest BCUT2D eigenvalue weighted by atomic mass is 16.5. The van der Waals surface area contributed by atoms with E-state index < -0.39 is 0 Å². The number of aryl methyl sites for hydroxylation is 1. The van der Waals surface area contributed by atoms with Gasteiger partial charge in [0.1, 0.15) is 12.1 Å². The van der Waals surface area contributed by atoms with Crippen molar-refractivity contribution in [3.05, 3.63) is 59.9 Å². The second-order valence-electron chi connectivity index (χ2n) is 8.45. The highest BCUT2D eigenvalue weighted by Crippen LogP contribution is 2.28. The van der Waals surface area contributed by atoms with Crippen molar-refractivity contribution in [2.45, 2.75) is 39.3 Å². The number of ether oxygens (including phenoxy) is 1. The van der Waals surface area contributed by atoms with Gasteiger partial charge in [-0.3, -0.25) is 4.79 Å². The molecule has 0 radical (unpaired) electrons. The van der Waals surface area contributed by atoms with Crippen LogP contribution in [0.1, 0.15) is 36.2 Å². The van der Waals surface area contributed by atoms with E-state index in [0.717, 1.165) is 25.1 Å². The Kier molecular flexibility index (Phi) is 11.7. The first kappa shape index (κ1) is 29.4. The maximum absolute atomic E-state index is 12.2. The van der Waals surface area contributed by atoms with Crippen molar-refractivity contribution in [1.29, 1.82) is 0 Å². The Balaban J connectivity index is 0.000000367. The zero-order valence-electron chi connectivity index (χ0n) is 22.1. The number of piperidine rings is 1. The number of benzene rings is 2. The second-order valence-corrected chi connectivity index (χ2v) is 8.45. The first-order chi connectivity index (χ1) is 17.7. The molecule has 200 valence electrons. The number of carbonyl (C=O) groups is 1. The summed E-state index contributed by atoms with van der Waals surface area (Å²) < 4.78 is 4.93. The Bertz CT molecular complexity index is 1100. The predicted molar refractivity (Wildman–Crippen MR) is 146 cm³/mol. The van der Waals surface area contributed by atoms with Crippen LogP contribution in [0.5, 0.6) is 11.8 Å². The fraction of sp³-hybridized carbons (Fsp3) is 0.385. The van der Waals surface area contributed by atoms with Crippen LogP contribution < -0.4 is 26.8 Å². The Morgan fingerprint density at radius 3 is 2.30 bits per heavy atom. The number of aromatic hydroxyl groups is 1. The molecule has 4 rings (SSSR count). The number of carbonyl (C=O) groups excluding carboxylic acids is 1. The number of hydrogen-bond acceptors (Lipinski definition) is 10. The number of methoxy groups -OCH3 is 1. The van der Waals surface area contributed by atoms with E-state index in [1.54, 1.807) is 24.3 Å². The fourth-order valence-corrected chi connectivity index (χ4v) is 3.60. The molecule has 2 unspecified atom stereocenters. The number of aromatic nitrogens is 3. The predicted octanol–water partition coefficient (Wildman–Crippen LogP) is 2.89. The summed E-state index contributed by atoms with van der Waals surface area (Å²) in [6.45, 7) is 7.93. The van der Waals surface area contributed by atoms with Crippen LogP contribution in [0.25, 0.3) is 0 Å². The van der Waals surface area contributed by atoms with E-state index in [1.165, 1.54) is 19.5 Å². The average Bonchev–Trinajstić information content (AvgIpc) is 2.87. The number of phenols is 1. The molecule has 1 fully saturated rings. The second kappa shape index (κ2) is 14.7. The summed E-state index contributed by atoms with van der Waals surface area (Å²) in [5, 5.41) is 15.8. The van der Waals surface area contributed by atoms with Gasteiger partial charge in [-0.05, 0) is 44.7 Å². The van der Waals surface area contributed by atoms with Crippen LogP contribution in [0, 0.1) is 6.92 Å². The van der Waals surface area contributed by atoms with Crippen LogP contribution in [0.2, 0.25) is 0 Å². The molecule has 2 heterocycles. The van der Waals surface area contributed by atoms with Gasteiger partial charge < -0.3 is 36.8 Å². The summed E-state index contributed by atoms with van der Waals surface area (Å²) in [5.41, 5.74) is 13.8. The molecular formula is C26H38N8O3.